The highest BCUT2D eigenvalue weighted by Gasteiger charge is 2.30. The van der Waals surface area contributed by atoms with Crippen LogP contribution in [0.5, 0.6) is 0 Å². The van der Waals surface area contributed by atoms with E-state index in [1.54, 1.807) is 12.1 Å². The van der Waals surface area contributed by atoms with Gasteiger partial charge in [-0.15, -0.1) is 0 Å². The summed E-state index contributed by atoms with van der Waals surface area (Å²) < 4.78 is 38.3. The minimum Gasteiger partial charge on any atom is -0.480 e. The van der Waals surface area contributed by atoms with Crippen molar-refractivity contribution in [3.05, 3.63) is 120 Å². The van der Waals surface area contributed by atoms with E-state index in [2.05, 4.69) is 10.6 Å². The molecule has 0 aliphatic rings. The molecule has 0 saturated heterocycles. The van der Waals surface area contributed by atoms with Gasteiger partial charge in [-0.1, -0.05) is 78.9 Å². The van der Waals surface area contributed by atoms with Crippen molar-refractivity contribution in [2.45, 2.75) is 18.8 Å². The van der Waals surface area contributed by atoms with E-state index < -0.39 is 29.7 Å². The van der Waals surface area contributed by atoms with Gasteiger partial charge in [-0.25, -0.2) is 4.79 Å². The molecule has 4 rings (SSSR count). The van der Waals surface area contributed by atoms with E-state index in [4.69, 9.17) is 0 Å². The molecular weight excluding hydrogens is 493 g/mol. The molecule has 0 saturated carbocycles. The highest BCUT2D eigenvalue weighted by atomic mass is 19.4. The second-order valence-corrected chi connectivity index (χ2v) is 8.71. The first-order chi connectivity index (χ1) is 18.2. The molecule has 0 aromatic heterocycles. The summed E-state index contributed by atoms with van der Waals surface area (Å²) in [7, 11) is 0. The number of nitrogens with one attached hydrogen (secondary N) is 2. The van der Waals surface area contributed by atoms with E-state index in [9.17, 15) is 27.9 Å². The van der Waals surface area contributed by atoms with Gasteiger partial charge in [-0.05, 0) is 52.1 Å². The second-order valence-electron chi connectivity index (χ2n) is 8.71. The lowest BCUT2D eigenvalue weighted by Crippen LogP contribution is -2.47. The number of hydrogen-bond donors (Lipinski definition) is 3. The zero-order chi connectivity index (χ0) is 27.1. The minimum absolute atomic E-state index is 0.0190. The molecular formula is C30H25F3N2O3. The largest absolute Gasteiger partial charge is 0.480 e. The molecule has 1 atom stereocenters. The van der Waals surface area contributed by atoms with Gasteiger partial charge in [0.15, 0.2) is 0 Å². The number of carboxylic acids is 1. The van der Waals surface area contributed by atoms with Gasteiger partial charge in [0.25, 0.3) is 5.91 Å². The van der Waals surface area contributed by atoms with Gasteiger partial charge >= 0.3 is 12.1 Å². The number of carbonyl (C=O) groups excluding carboxylic acids is 1. The molecule has 0 radical (unpaired) electrons. The predicted molar refractivity (Wildman–Crippen MR) is 139 cm³/mol. The van der Waals surface area contributed by atoms with Gasteiger partial charge in [0.05, 0.1) is 5.56 Å². The fraction of sp³-hybridized carbons (Fsp3) is 0.133. The third kappa shape index (κ3) is 6.86. The Hall–Kier alpha value is -4.43. The molecule has 5 nitrogen and oxygen atoms in total. The van der Waals surface area contributed by atoms with Crippen LogP contribution in [0, 0.1) is 0 Å². The predicted octanol–water partition coefficient (Wildman–Crippen LogP) is 6.01. The van der Waals surface area contributed by atoms with Crippen LogP contribution in [-0.4, -0.2) is 29.6 Å². The van der Waals surface area contributed by atoms with E-state index in [0.29, 0.717) is 17.7 Å². The fourth-order valence-electron chi connectivity index (χ4n) is 3.91. The Morgan fingerprint density at radius 1 is 0.711 bits per heavy atom. The van der Waals surface area contributed by atoms with Crippen molar-refractivity contribution in [3.63, 3.8) is 0 Å². The molecule has 1 unspecified atom stereocenters. The van der Waals surface area contributed by atoms with Crippen LogP contribution in [0.4, 0.5) is 13.2 Å². The molecule has 38 heavy (non-hydrogen) atoms. The van der Waals surface area contributed by atoms with Gasteiger partial charge in [0.1, 0.15) is 6.04 Å². The maximum absolute atomic E-state index is 12.8. The van der Waals surface area contributed by atoms with Crippen molar-refractivity contribution in [2.75, 3.05) is 6.54 Å². The van der Waals surface area contributed by atoms with Crippen molar-refractivity contribution < 1.29 is 27.9 Å². The van der Waals surface area contributed by atoms with Crippen molar-refractivity contribution in [1.82, 2.24) is 10.6 Å². The topological polar surface area (TPSA) is 78.4 Å². The Bertz CT molecular complexity index is 1370. The smallest absolute Gasteiger partial charge is 0.416 e. The van der Waals surface area contributed by atoms with Crippen molar-refractivity contribution in [2.24, 2.45) is 0 Å². The van der Waals surface area contributed by atoms with Gasteiger partial charge in [-0.2, -0.15) is 13.2 Å². The number of benzene rings is 4. The van der Waals surface area contributed by atoms with E-state index in [1.165, 1.54) is 24.3 Å². The molecule has 0 aliphatic carbocycles. The lowest BCUT2D eigenvalue weighted by molar-refractivity contribution is -0.139. The van der Waals surface area contributed by atoms with E-state index >= 15 is 0 Å². The van der Waals surface area contributed by atoms with Crippen LogP contribution in [0.25, 0.3) is 22.3 Å². The number of amides is 1. The zero-order valence-corrected chi connectivity index (χ0v) is 20.2. The van der Waals surface area contributed by atoms with Crippen LogP contribution in [0.15, 0.2) is 103 Å². The van der Waals surface area contributed by atoms with E-state index in [0.717, 1.165) is 28.8 Å². The highest BCUT2D eigenvalue weighted by molar-refractivity contribution is 5.97. The Morgan fingerprint density at radius 2 is 1.21 bits per heavy atom. The number of carboxylic acid groups (broad SMARTS) is 1. The molecule has 0 spiro atoms. The molecule has 0 bridgehead atoms. The number of rotatable bonds is 9. The number of alkyl halides is 3. The number of carbonyl (C=O) groups is 2. The maximum Gasteiger partial charge on any atom is 0.416 e. The summed E-state index contributed by atoms with van der Waals surface area (Å²) in [5, 5.41) is 15.1. The lowest BCUT2D eigenvalue weighted by Gasteiger charge is -2.16. The molecule has 0 fully saturated rings. The maximum atomic E-state index is 12.8. The molecule has 4 aromatic carbocycles. The first-order valence-corrected chi connectivity index (χ1v) is 11.9. The molecule has 8 heteroatoms. The molecule has 4 aromatic rings. The van der Waals surface area contributed by atoms with Crippen molar-refractivity contribution in [1.29, 1.82) is 0 Å². The van der Waals surface area contributed by atoms with E-state index in [-0.39, 0.29) is 12.1 Å². The number of aliphatic carboxylic acids is 1. The Kier molecular flexibility index (Phi) is 8.23. The first kappa shape index (κ1) is 26.6. The molecule has 194 valence electrons. The Morgan fingerprint density at radius 3 is 1.74 bits per heavy atom. The normalized spacial score (nSPS) is 12.1. The fourth-order valence-corrected chi connectivity index (χ4v) is 3.91. The minimum atomic E-state index is -4.41. The summed E-state index contributed by atoms with van der Waals surface area (Å²) in [6, 6.07) is 27.6. The van der Waals surface area contributed by atoms with Crippen molar-refractivity contribution in [3.8, 4) is 22.3 Å². The summed E-state index contributed by atoms with van der Waals surface area (Å²) in [6.07, 6.45) is -4.41. The Labute approximate surface area is 218 Å². The first-order valence-electron chi connectivity index (χ1n) is 11.9. The van der Waals surface area contributed by atoms with Crippen LogP contribution in [0.2, 0.25) is 0 Å². The van der Waals surface area contributed by atoms with Crippen LogP contribution in [-0.2, 0) is 17.5 Å². The standard InChI is InChI=1S/C30H25F3N2O3/c31-30(32,33)26-16-14-24(15-17-26)23-10-12-25(13-11-23)28(36)35-27(29(37)38)19-34-18-20-6-8-22(9-7-20)21-4-2-1-3-5-21/h1-17,27,34H,18-19H2,(H,35,36)(H,37,38). The van der Waals surface area contributed by atoms with Gasteiger partial charge < -0.3 is 15.7 Å². The summed E-state index contributed by atoms with van der Waals surface area (Å²) in [5.74, 6) is -1.74. The van der Waals surface area contributed by atoms with Crippen LogP contribution < -0.4 is 10.6 Å². The van der Waals surface area contributed by atoms with Gasteiger partial charge in [-0.3, -0.25) is 4.79 Å². The summed E-state index contributed by atoms with van der Waals surface area (Å²) >= 11 is 0. The average Bonchev–Trinajstić information content (AvgIpc) is 2.93. The van der Waals surface area contributed by atoms with E-state index in [1.807, 2.05) is 54.6 Å². The molecule has 3 N–H and O–H groups in total. The van der Waals surface area contributed by atoms with Crippen LogP contribution in [0.3, 0.4) is 0 Å². The number of hydrogen-bond acceptors (Lipinski definition) is 3. The monoisotopic (exact) mass is 518 g/mol. The van der Waals surface area contributed by atoms with Gasteiger partial charge in [0.2, 0.25) is 0 Å². The second kappa shape index (κ2) is 11.7. The SMILES string of the molecule is O=C(NC(CNCc1ccc(-c2ccccc2)cc1)C(=O)O)c1ccc(-c2ccc(C(F)(F)F)cc2)cc1. The zero-order valence-electron chi connectivity index (χ0n) is 20.2. The third-order valence-electron chi connectivity index (χ3n) is 6.03. The molecule has 0 aliphatic heterocycles. The highest BCUT2D eigenvalue weighted by Crippen LogP contribution is 2.31. The third-order valence-corrected chi connectivity index (χ3v) is 6.03. The Balaban J connectivity index is 1.32. The van der Waals surface area contributed by atoms with Crippen LogP contribution in [0.1, 0.15) is 21.5 Å². The van der Waals surface area contributed by atoms with Gasteiger partial charge in [0, 0.05) is 18.7 Å². The van der Waals surface area contributed by atoms with Crippen LogP contribution >= 0.6 is 0 Å². The molecule has 1 amide bonds. The average molecular weight is 519 g/mol. The summed E-state index contributed by atoms with van der Waals surface area (Å²) in [4.78, 5) is 24.4. The van der Waals surface area contributed by atoms with Crippen molar-refractivity contribution >= 4 is 11.9 Å². The quantitative estimate of drug-likeness (QED) is 0.254. The molecule has 0 heterocycles. The summed E-state index contributed by atoms with van der Waals surface area (Å²) in [5.41, 5.74) is 3.85. The number of halogens is 3. The summed E-state index contributed by atoms with van der Waals surface area (Å²) in [6.45, 7) is 0.446. The lowest BCUT2D eigenvalue weighted by atomic mass is 10.0.